The van der Waals surface area contributed by atoms with Gasteiger partial charge in [0, 0.05) is 23.3 Å². The number of hydrogen-bond acceptors (Lipinski definition) is 5. The summed E-state index contributed by atoms with van der Waals surface area (Å²) in [5.41, 5.74) is 0.116. The van der Waals surface area contributed by atoms with Crippen molar-refractivity contribution in [2.24, 2.45) is 7.05 Å². The van der Waals surface area contributed by atoms with Crippen LogP contribution in [0, 0.1) is 10.1 Å². The lowest BCUT2D eigenvalue weighted by Gasteiger charge is -2.05. The third-order valence-electron chi connectivity index (χ3n) is 3.63. The number of carbonyl (C=O) groups is 1. The van der Waals surface area contributed by atoms with Gasteiger partial charge >= 0.3 is 5.69 Å². The number of nitro groups is 1. The van der Waals surface area contributed by atoms with Crippen molar-refractivity contribution in [2.75, 3.05) is 5.32 Å². The zero-order valence-corrected chi connectivity index (χ0v) is 16.0. The van der Waals surface area contributed by atoms with E-state index in [1.54, 1.807) is 18.2 Å². The summed E-state index contributed by atoms with van der Waals surface area (Å²) in [6.45, 7) is 0.289. The van der Waals surface area contributed by atoms with Gasteiger partial charge in [0.1, 0.15) is 11.2 Å². The number of amides is 1. The highest BCUT2D eigenvalue weighted by atomic mass is 35.5. The Morgan fingerprint density at radius 3 is 2.70 bits per heavy atom. The summed E-state index contributed by atoms with van der Waals surface area (Å²) in [6, 6.07) is 5.05. The van der Waals surface area contributed by atoms with E-state index in [9.17, 15) is 14.9 Å². The van der Waals surface area contributed by atoms with Crippen LogP contribution >= 0.6 is 34.8 Å². The van der Waals surface area contributed by atoms with E-state index in [1.165, 1.54) is 17.9 Å². The molecule has 0 fully saturated rings. The summed E-state index contributed by atoms with van der Waals surface area (Å²) < 4.78 is 2.58. The molecule has 1 aromatic carbocycles. The highest BCUT2D eigenvalue weighted by Gasteiger charge is 2.26. The van der Waals surface area contributed by atoms with Gasteiger partial charge in [-0.25, -0.2) is 0 Å². The third-order valence-corrected chi connectivity index (χ3v) is 4.49. The van der Waals surface area contributed by atoms with Crippen LogP contribution in [0.4, 0.5) is 11.5 Å². The average Bonchev–Trinajstić information content (AvgIpc) is 3.13. The topological polar surface area (TPSA) is 108 Å². The molecule has 0 atom stereocenters. The molecule has 0 aliphatic rings. The first-order chi connectivity index (χ1) is 12.8. The van der Waals surface area contributed by atoms with Gasteiger partial charge in [-0.3, -0.25) is 24.3 Å². The van der Waals surface area contributed by atoms with Crippen LogP contribution in [0.25, 0.3) is 0 Å². The number of carbonyl (C=O) groups excluding carboxylic acids is 1. The molecule has 3 aromatic rings. The number of halogens is 3. The molecular formula is C15H11Cl3N6O3. The monoisotopic (exact) mass is 428 g/mol. The SMILES string of the molecule is Cn1ncc([N+](=O)[O-])c1C(=O)Nc1nn(Cc2ccc(Cl)cc2Cl)cc1Cl. The fourth-order valence-corrected chi connectivity index (χ4v) is 3.04. The number of benzene rings is 1. The van der Waals surface area contributed by atoms with E-state index >= 15 is 0 Å². The fraction of sp³-hybridized carbons (Fsp3) is 0.133. The number of aromatic nitrogens is 4. The van der Waals surface area contributed by atoms with Gasteiger partial charge in [0.25, 0.3) is 5.91 Å². The van der Waals surface area contributed by atoms with Crippen molar-refractivity contribution >= 4 is 52.2 Å². The summed E-state index contributed by atoms with van der Waals surface area (Å²) in [7, 11) is 1.42. The van der Waals surface area contributed by atoms with E-state index in [2.05, 4.69) is 15.5 Å². The largest absolute Gasteiger partial charge is 0.320 e. The van der Waals surface area contributed by atoms with Crippen molar-refractivity contribution in [2.45, 2.75) is 6.54 Å². The summed E-state index contributed by atoms with van der Waals surface area (Å²) in [4.78, 5) is 22.7. The minimum Gasteiger partial charge on any atom is -0.302 e. The fourth-order valence-electron chi connectivity index (χ4n) is 2.38. The molecule has 0 aliphatic heterocycles. The second-order valence-electron chi connectivity index (χ2n) is 5.47. The third kappa shape index (κ3) is 4.05. The van der Waals surface area contributed by atoms with E-state index in [0.717, 1.165) is 16.4 Å². The predicted octanol–water partition coefficient (Wildman–Crippen LogP) is 3.79. The van der Waals surface area contributed by atoms with Gasteiger partial charge in [0.15, 0.2) is 5.82 Å². The molecule has 2 aromatic heterocycles. The standard InChI is InChI=1S/C15H11Cl3N6O3/c1-22-13(12(5-19-22)24(26)27)15(25)20-14-11(18)7-23(21-14)6-8-2-3-9(16)4-10(8)17/h2-5,7H,6H2,1H3,(H,20,21,25). The van der Waals surface area contributed by atoms with E-state index < -0.39 is 16.5 Å². The zero-order chi connectivity index (χ0) is 19.7. The highest BCUT2D eigenvalue weighted by Crippen LogP contribution is 2.25. The molecule has 3 rings (SSSR count). The zero-order valence-electron chi connectivity index (χ0n) is 13.7. The average molecular weight is 430 g/mol. The van der Waals surface area contributed by atoms with Crippen molar-refractivity contribution in [3.8, 4) is 0 Å². The summed E-state index contributed by atoms with van der Waals surface area (Å²) >= 11 is 18.1. The molecular weight excluding hydrogens is 419 g/mol. The van der Waals surface area contributed by atoms with E-state index in [-0.39, 0.29) is 23.1 Å². The van der Waals surface area contributed by atoms with Crippen LogP contribution in [0.2, 0.25) is 15.1 Å². The van der Waals surface area contributed by atoms with Crippen LogP contribution < -0.4 is 5.32 Å². The lowest BCUT2D eigenvalue weighted by molar-refractivity contribution is -0.385. The van der Waals surface area contributed by atoms with Gasteiger partial charge in [0.05, 0.1) is 11.5 Å². The number of aryl methyl sites for hydroxylation is 1. The molecule has 0 spiro atoms. The van der Waals surface area contributed by atoms with Crippen molar-refractivity contribution < 1.29 is 9.72 Å². The first-order valence-corrected chi connectivity index (χ1v) is 8.54. The Labute approximate surface area is 167 Å². The molecule has 12 heteroatoms. The molecule has 0 saturated carbocycles. The minimum atomic E-state index is -0.752. The minimum absolute atomic E-state index is 0.0576. The lowest BCUT2D eigenvalue weighted by atomic mass is 10.2. The van der Waals surface area contributed by atoms with Crippen LogP contribution in [-0.4, -0.2) is 30.4 Å². The molecule has 9 nitrogen and oxygen atoms in total. The van der Waals surface area contributed by atoms with Gasteiger partial charge in [-0.1, -0.05) is 40.9 Å². The van der Waals surface area contributed by atoms with Gasteiger partial charge in [0.2, 0.25) is 5.69 Å². The molecule has 0 radical (unpaired) electrons. The van der Waals surface area contributed by atoms with E-state index in [0.29, 0.717) is 10.0 Å². The normalized spacial score (nSPS) is 10.8. The maximum absolute atomic E-state index is 12.4. The van der Waals surface area contributed by atoms with E-state index in [1.807, 2.05) is 0 Å². The van der Waals surface area contributed by atoms with Crippen LogP contribution in [0.3, 0.4) is 0 Å². The first kappa shape index (κ1) is 19.2. The van der Waals surface area contributed by atoms with Gasteiger partial charge in [-0.2, -0.15) is 10.2 Å². The van der Waals surface area contributed by atoms with Crippen LogP contribution in [0.1, 0.15) is 16.1 Å². The first-order valence-electron chi connectivity index (χ1n) is 7.41. The summed E-state index contributed by atoms with van der Waals surface area (Å²) in [6.07, 6.45) is 2.50. The molecule has 140 valence electrons. The Morgan fingerprint density at radius 2 is 2.04 bits per heavy atom. The molecule has 0 saturated heterocycles. The molecule has 2 heterocycles. The lowest BCUT2D eigenvalue weighted by Crippen LogP contribution is -2.18. The maximum atomic E-state index is 12.4. The van der Waals surface area contributed by atoms with Gasteiger partial charge < -0.3 is 5.32 Å². The maximum Gasteiger partial charge on any atom is 0.320 e. The Balaban J connectivity index is 1.82. The van der Waals surface area contributed by atoms with Crippen molar-refractivity contribution in [3.63, 3.8) is 0 Å². The van der Waals surface area contributed by atoms with Crippen LogP contribution in [0.5, 0.6) is 0 Å². The number of anilines is 1. The van der Waals surface area contributed by atoms with Gasteiger partial charge in [-0.15, -0.1) is 0 Å². The molecule has 1 N–H and O–H groups in total. The Hall–Kier alpha value is -2.62. The molecule has 27 heavy (non-hydrogen) atoms. The second kappa shape index (κ2) is 7.55. The van der Waals surface area contributed by atoms with Crippen LogP contribution in [0.15, 0.2) is 30.6 Å². The predicted molar refractivity (Wildman–Crippen MR) is 101 cm³/mol. The van der Waals surface area contributed by atoms with Crippen molar-refractivity contribution in [1.29, 1.82) is 0 Å². The summed E-state index contributed by atoms with van der Waals surface area (Å²) in [5.74, 6) is -0.694. The molecule has 0 bridgehead atoms. The Kier molecular flexibility index (Phi) is 5.36. The quantitative estimate of drug-likeness (QED) is 0.490. The Bertz CT molecular complexity index is 1050. The van der Waals surface area contributed by atoms with Crippen molar-refractivity contribution in [1.82, 2.24) is 19.6 Å². The number of hydrogen-bond donors (Lipinski definition) is 1. The smallest absolute Gasteiger partial charge is 0.302 e. The molecule has 0 aliphatic carbocycles. The second-order valence-corrected chi connectivity index (χ2v) is 6.72. The number of nitrogens with zero attached hydrogens (tertiary/aromatic N) is 5. The van der Waals surface area contributed by atoms with Crippen molar-refractivity contribution in [3.05, 3.63) is 67.0 Å². The number of rotatable bonds is 5. The number of nitrogens with one attached hydrogen (secondary N) is 1. The van der Waals surface area contributed by atoms with Crippen LogP contribution in [-0.2, 0) is 13.6 Å². The van der Waals surface area contributed by atoms with Gasteiger partial charge in [-0.05, 0) is 17.7 Å². The Morgan fingerprint density at radius 1 is 1.30 bits per heavy atom. The highest BCUT2D eigenvalue weighted by molar-refractivity contribution is 6.35. The summed E-state index contributed by atoms with van der Waals surface area (Å²) in [5, 5.41) is 22.5. The van der Waals surface area contributed by atoms with E-state index in [4.69, 9.17) is 34.8 Å². The molecule has 0 unspecified atom stereocenters. The molecule has 1 amide bonds.